The highest BCUT2D eigenvalue weighted by Gasteiger charge is 2.29. The van der Waals surface area contributed by atoms with Crippen molar-refractivity contribution in [1.82, 2.24) is 0 Å². The van der Waals surface area contributed by atoms with Crippen molar-refractivity contribution in [2.45, 2.75) is 30.7 Å². The van der Waals surface area contributed by atoms with E-state index in [9.17, 15) is 18.5 Å². The monoisotopic (exact) mass is 272 g/mol. The van der Waals surface area contributed by atoms with Crippen LogP contribution in [0.5, 0.6) is 0 Å². The third-order valence-corrected chi connectivity index (χ3v) is 4.02. The van der Waals surface area contributed by atoms with Gasteiger partial charge in [-0.05, 0) is 13.0 Å². The van der Waals surface area contributed by atoms with Gasteiger partial charge in [0.2, 0.25) is 0 Å². The number of para-hydroxylation sites is 1. The molecule has 100 valence electrons. The summed E-state index contributed by atoms with van der Waals surface area (Å²) in [6.07, 6.45) is 0.954. The van der Waals surface area contributed by atoms with Crippen molar-refractivity contribution in [3.8, 4) is 0 Å². The van der Waals surface area contributed by atoms with Crippen LogP contribution in [0.15, 0.2) is 23.1 Å². The summed E-state index contributed by atoms with van der Waals surface area (Å²) >= 11 is 0. The van der Waals surface area contributed by atoms with Gasteiger partial charge in [-0.25, -0.2) is 8.42 Å². The Balaban J connectivity index is 3.60. The fourth-order valence-electron chi connectivity index (χ4n) is 1.68. The topological polar surface area (TPSA) is 103 Å². The quantitative estimate of drug-likeness (QED) is 0.660. The van der Waals surface area contributed by atoms with E-state index in [4.69, 9.17) is 5.73 Å². The molecule has 2 atom stereocenters. The van der Waals surface area contributed by atoms with Crippen molar-refractivity contribution in [2.75, 3.05) is 6.26 Å². The highest BCUT2D eigenvalue weighted by atomic mass is 32.2. The van der Waals surface area contributed by atoms with Crippen LogP contribution >= 0.6 is 0 Å². The maximum absolute atomic E-state index is 11.6. The van der Waals surface area contributed by atoms with Crippen molar-refractivity contribution in [1.29, 1.82) is 0 Å². The Labute approximate surface area is 106 Å². The summed E-state index contributed by atoms with van der Waals surface area (Å²) in [5.41, 5.74) is 5.70. The van der Waals surface area contributed by atoms with Crippen molar-refractivity contribution >= 4 is 15.5 Å². The summed E-state index contributed by atoms with van der Waals surface area (Å²) in [6.45, 7) is 3.46. The number of nitrogens with two attached hydrogens (primary N) is 1. The summed E-state index contributed by atoms with van der Waals surface area (Å²) in [6, 6.07) is 3.97. The molecule has 2 unspecified atom stereocenters. The summed E-state index contributed by atoms with van der Waals surface area (Å²) in [5.74, 6) is -0.299. The molecule has 18 heavy (non-hydrogen) atoms. The Bertz CT molecular complexity index is 566. The second-order valence-corrected chi connectivity index (χ2v) is 6.36. The van der Waals surface area contributed by atoms with Crippen LogP contribution < -0.4 is 5.73 Å². The van der Waals surface area contributed by atoms with E-state index in [-0.39, 0.29) is 22.5 Å². The van der Waals surface area contributed by atoms with Gasteiger partial charge in [0, 0.05) is 23.8 Å². The maximum atomic E-state index is 11.6. The fraction of sp³-hybridized carbons (Fsp3) is 0.455. The molecule has 0 aliphatic heterocycles. The van der Waals surface area contributed by atoms with E-state index in [0.29, 0.717) is 5.56 Å². The van der Waals surface area contributed by atoms with Crippen LogP contribution in [0.25, 0.3) is 0 Å². The average molecular weight is 272 g/mol. The molecule has 7 heteroatoms. The van der Waals surface area contributed by atoms with Gasteiger partial charge in [-0.15, -0.1) is 0 Å². The third-order valence-electron chi connectivity index (χ3n) is 2.89. The van der Waals surface area contributed by atoms with Gasteiger partial charge in [0.1, 0.15) is 4.90 Å². The lowest BCUT2D eigenvalue weighted by atomic mass is 9.93. The second-order valence-electron chi connectivity index (χ2n) is 4.37. The van der Waals surface area contributed by atoms with Crippen molar-refractivity contribution in [3.05, 3.63) is 33.9 Å². The molecule has 1 aromatic rings. The zero-order valence-corrected chi connectivity index (χ0v) is 11.3. The molecular weight excluding hydrogens is 256 g/mol. The molecule has 0 aliphatic carbocycles. The van der Waals surface area contributed by atoms with Crippen LogP contribution in [0.3, 0.4) is 0 Å². The lowest BCUT2D eigenvalue weighted by Gasteiger charge is -2.16. The van der Waals surface area contributed by atoms with Crippen LogP contribution in [0.4, 0.5) is 5.69 Å². The smallest absolute Gasteiger partial charge is 0.291 e. The molecule has 6 nitrogen and oxygen atoms in total. The zero-order valence-electron chi connectivity index (χ0n) is 10.5. The first-order valence-electron chi connectivity index (χ1n) is 5.39. The van der Waals surface area contributed by atoms with Crippen LogP contribution in [-0.2, 0) is 9.84 Å². The minimum atomic E-state index is -3.64. The number of hydrogen-bond acceptors (Lipinski definition) is 5. The minimum Gasteiger partial charge on any atom is -0.327 e. The molecule has 0 heterocycles. The van der Waals surface area contributed by atoms with Crippen molar-refractivity contribution in [2.24, 2.45) is 5.73 Å². The van der Waals surface area contributed by atoms with Crippen LogP contribution in [0, 0.1) is 10.1 Å². The predicted octanol–water partition coefficient (Wildman–Crippen LogP) is 1.45. The molecule has 0 spiro atoms. The fourth-order valence-corrected chi connectivity index (χ4v) is 2.55. The van der Waals surface area contributed by atoms with Crippen LogP contribution in [-0.4, -0.2) is 25.6 Å². The molecular formula is C11H16N2O4S. The van der Waals surface area contributed by atoms with Gasteiger partial charge >= 0.3 is 0 Å². The Morgan fingerprint density at radius 1 is 1.33 bits per heavy atom. The Hall–Kier alpha value is -1.47. The summed E-state index contributed by atoms with van der Waals surface area (Å²) in [7, 11) is -3.64. The Kier molecular flexibility index (Phi) is 4.08. The number of nitrogens with zero attached hydrogens (tertiary/aromatic N) is 1. The van der Waals surface area contributed by atoms with Crippen LogP contribution in [0.1, 0.15) is 25.3 Å². The van der Waals surface area contributed by atoms with Gasteiger partial charge in [-0.3, -0.25) is 10.1 Å². The van der Waals surface area contributed by atoms with E-state index in [2.05, 4.69) is 0 Å². The van der Waals surface area contributed by atoms with Gasteiger partial charge in [0.15, 0.2) is 9.84 Å². The summed E-state index contributed by atoms with van der Waals surface area (Å²) in [4.78, 5) is 10.2. The number of sulfone groups is 1. The SMILES string of the molecule is CC(N)C(C)c1cccc(S(C)(=O)=O)c1[N+](=O)[O-]. The normalized spacial score (nSPS) is 15.1. The van der Waals surface area contributed by atoms with E-state index >= 15 is 0 Å². The number of benzene rings is 1. The summed E-state index contributed by atoms with van der Waals surface area (Å²) < 4.78 is 23.1. The molecule has 1 aromatic carbocycles. The molecule has 0 saturated carbocycles. The molecule has 0 amide bonds. The second kappa shape index (κ2) is 5.03. The minimum absolute atomic E-state index is 0.266. The molecule has 0 aromatic heterocycles. The number of nitro benzene ring substituents is 1. The van der Waals surface area contributed by atoms with E-state index in [1.807, 2.05) is 0 Å². The Morgan fingerprint density at radius 3 is 2.28 bits per heavy atom. The van der Waals surface area contributed by atoms with E-state index in [1.165, 1.54) is 12.1 Å². The number of hydrogen-bond donors (Lipinski definition) is 1. The first-order chi connectivity index (χ1) is 8.16. The highest BCUT2D eigenvalue weighted by Crippen LogP contribution is 2.33. The van der Waals surface area contributed by atoms with Gasteiger partial charge < -0.3 is 5.73 Å². The van der Waals surface area contributed by atoms with E-state index in [0.717, 1.165) is 6.26 Å². The zero-order chi connectivity index (χ0) is 14.1. The number of rotatable bonds is 4. The van der Waals surface area contributed by atoms with Gasteiger partial charge in [-0.2, -0.15) is 0 Å². The molecule has 2 N–H and O–H groups in total. The van der Waals surface area contributed by atoms with E-state index in [1.54, 1.807) is 19.9 Å². The first-order valence-corrected chi connectivity index (χ1v) is 7.28. The third kappa shape index (κ3) is 2.85. The molecule has 0 saturated heterocycles. The molecule has 0 radical (unpaired) electrons. The molecule has 0 fully saturated rings. The molecule has 1 rings (SSSR count). The van der Waals surface area contributed by atoms with Crippen molar-refractivity contribution in [3.63, 3.8) is 0 Å². The van der Waals surface area contributed by atoms with Gasteiger partial charge in [-0.1, -0.05) is 19.1 Å². The summed E-state index contributed by atoms with van der Waals surface area (Å²) in [5, 5.41) is 11.1. The van der Waals surface area contributed by atoms with Gasteiger partial charge in [0.25, 0.3) is 5.69 Å². The maximum Gasteiger partial charge on any atom is 0.291 e. The molecule has 0 aliphatic rings. The van der Waals surface area contributed by atoms with Crippen molar-refractivity contribution < 1.29 is 13.3 Å². The highest BCUT2D eigenvalue weighted by molar-refractivity contribution is 7.90. The van der Waals surface area contributed by atoms with E-state index < -0.39 is 14.8 Å². The van der Waals surface area contributed by atoms with Crippen LogP contribution in [0.2, 0.25) is 0 Å². The lowest BCUT2D eigenvalue weighted by Crippen LogP contribution is -2.23. The lowest BCUT2D eigenvalue weighted by molar-refractivity contribution is -0.388. The average Bonchev–Trinajstić information content (AvgIpc) is 2.25. The Morgan fingerprint density at radius 2 is 1.89 bits per heavy atom. The molecule has 0 bridgehead atoms. The predicted molar refractivity (Wildman–Crippen MR) is 68.3 cm³/mol. The first kappa shape index (κ1) is 14.6. The standard InChI is InChI=1S/C11H16N2O4S/c1-7(8(2)12)9-5-4-6-10(18(3,16)17)11(9)13(14)15/h4-8H,12H2,1-3H3. The van der Waals surface area contributed by atoms with Gasteiger partial charge in [0.05, 0.1) is 4.92 Å². The largest absolute Gasteiger partial charge is 0.327 e. The number of nitro groups is 1.